The van der Waals surface area contributed by atoms with Crippen molar-refractivity contribution in [3.63, 3.8) is 0 Å². The standard InChI is InChI=1S/C9H10F9NO2S/c1-3-5-19(4-2)22(20,21)9(17,18)7(12,13)6(10,11)8(14,15)16/h3H,1,4-5H2,2H3. The van der Waals surface area contributed by atoms with Gasteiger partial charge in [-0.25, -0.2) is 8.42 Å². The molecule has 0 rings (SSSR count). The third-order valence-corrected chi connectivity index (χ3v) is 4.46. The lowest BCUT2D eigenvalue weighted by Crippen LogP contribution is -2.65. The molecule has 0 radical (unpaired) electrons. The van der Waals surface area contributed by atoms with Gasteiger partial charge in [-0.2, -0.15) is 43.8 Å². The Bertz CT molecular complexity index is 512. The van der Waals surface area contributed by atoms with Crippen LogP contribution in [0.5, 0.6) is 0 Å². The number of hydrogen-bond acceptors (Lipinski definition) is 2. The van der Waals surface area contributed by atoms with Crippen LogP contribution in [0.15, 0.2) is 12.7 Å². The maximum absolute atomic E-state index is 13.4. The molecule has 0 bridgehead atoms. The Morgan fingerprint density at radius 1 is 0.955 bits per heavy atom. The second-order valence-electron chi connectivity index (χ2n) is 3.91. The van der Waals surface area contributed by atoms with Gasteiger partial charge < -0.3 is 0 Å². The average Bonchev–Trinajstić information content (AvgIpc) is 2.33. The molecule has 0 aliphatic carbocycles. The van der Waals surface area contributed by atoms with E-state index in [1.54, 1.807) is 0 Å². The summed E-state index contributed by atoms with van der Waals surface area (Å²) in [6, 6.07) is 0. The zero-order valence-corrected chi connectivity index (χ0v) is 11.6. The fourth-order valence-electron chi connectivity index (χ4n) is 1.23. The van der Waals surface area contributed by atoms with Crippen molar-refractivity contribution in [1.82, 2.24) is 4.31 Å². The number of hydrogen-bond donors (Lipinski definition) is 0. The van der Waals surface area contributed by atoms with Gasteiger partial charge in [0.05, 0.1) is 0 Å². The summed E-state index contributed by atoms with van der Waals surface area (Å²) in [6.07, 6.45) is -6.41. The van der Waals surface area contributed by atoms with Crippen LogP contribution in [-0.2, 0) is 10.0 Å². The Labute approximate surface area is 119 Å². The van der Waals surface area contributed by atoms with Crippen LogP contribution in [0.2, 0.25) is 0 Å². The molecule has 132 valence electrons. The molecule has 0 aromatic heterocycles. The van der Waals surface area contributed by atoms with Gasteiger partial charge in [-0.15, -0.1) is 6.58 Å². The maximum Gasteiger partial charge on any atom is 0.460 e. The lowest BCUT2D eigenvalue weighted by atomic mass is 10.1. The Hall–Kier alpha value is -0.980. The van der Waals surface area contributed by atoms with E-state index >= 15 is 0 Å². The average molecular weight is 367 g/mol. The maximum atomic E-state index is 13.4. The summed E-state index contributed by atoms with van der Waals surface area (Å²) in [5.41, 5.74) is 0. The molecule has 0 fully saturated rings. The summed E-state index contributed by atoms with van der Waals surface area (Å²) in [6.45, 7) is 1.95. The van der Waals surface area contributed by atoms with Crippen LogP contribution in [0, 0.1) is 0 Å². The molecule has 0 unspecified atom stereocenters. The molecule has 0 N–H and O–H groups in total. The van der Waals surface area contributed by atoms with E-state index in [0.29, 0.717) is 6.08 Å². The molecule has 3 nitrogen and oxygen atoms in total. The summed E-state index contributed by atoms with van der Waals surface area (Å²) >= 11 is 0. The van der Waals surface area contributed by atoms with Crippen LogP contribution >= 0.6 is 0 Å². The summed E-state index contributed by atoms with van der Waals surface area (Å²) in [5, 5.41) is -6.70. The van der Waals surface area contributed by atoms with E-state index in [1.807, 2.05) is 0 Å². The minimum atomic E-state index is -7.26. The Balaban J connectivity index is 6.16. The van der Waals surface area contributed by atoms with Crippen molar-refractivity contribution in [3.8, 4) is 0 Å². The number of halogens is 9. The first kappa shape index (κ1) is 21.0. The first-order valence-electron chi connectivity index (χ1n) is 5.33. The first-order valence-corrected chi connectivity index (χ1v) is 6.77. The van der Waals surface area contributed by atoms with Crippen molar-refractivity contribution < 1.29 is 47.9 Å². The SMILES string of the molecule is C=CCN(CC)S(=O)(=O)C(F)(F)C(F)(F)C(F)(F)C(F)(F)F. The first-order chi connectivity index (χ1) is 9.52. The van der Waals surface area contributed by atoms with Crippen LogP contribution < -0.4 is 0 Å². The van der Waals surface area contributed by atoms with Crippen molar-refractivity contribution in [1.29, 1.82) is 0 Å². The van der Waals surface area contributed by atoms with Gasteiger partial charge in [-0.05, 0) is 0 Å². The summed E-state index contributed by atoms with van der Waals surface area (Å²) in [5.74, 6) is -14.5. The molecular weight excluding hydrogens is 357 g/mol. The molecule has 0 saturated heterocycles. The van der Waals surface area contributed by atoms with Crippen molar-refractivity contribution in [3.05, 3.63) is 12.7 Å². The van der Waals surface area contributed by atoms with Gasteiger partial charge in [-0.3, -0.25) is 0 Å². The summed E-state index contributed by atoms with van der Waals surface area (Å²) < 4.78 is 136. The molecule has 0 aromatic carbocycles. The minimum absolute atomic E-state index is 0.402. The van der Waals surface area contributed by atoms with E-state index < -0.39 is 50.7 Å². The van der Waals surface area contributed by atoms with E-state index in [2.05, 4.69) is 6.58 Å². The van der Waals surface area contributed by atoms with Crippen molar-refractivity contribution >= 4 is 10.0 Å². The van der Waals surface area contributed by atoms with E-state index in [4.69, 9.17) is 0 Å². The lowest BCUT2D eigenvalue weighted by molar-refractivity contribution is -0.382. The fourth-order valence-corrected chi connectivity index (χ4v) is 2.64. The topological polar surface area (TPSA) is 37.4 Å². The van der Waals surface area contributed by atoms with Gasteiger partial charge in [0.25, 0.3) is 10.0 Å². The summed E-state index contributed by atoms with van der Waals surface area (Å²) in [7, 11) is -6.52. The van der Waals surface area contributed by atoms with Crippen LogP contribution in [0.25, 0.3) is 0 Å². The van der Waals surface area contributed by atoms with Crippen LogP contribution in [0.4, 0.5) is 39.5 Å². The largest absolute Gasteiger partial charge is 0.460 e. The van der Waals surface area contributed by atoms with E-state index in [9.17, 15) is 47.9 Å². The molecule has 0 saturated carbocycles. The fraction of sp³-hybridized carbons (Fsp3) is 0.778. The predicted octanol–water partition coefficient (Wildman–Crippen LogP) is 3.25. The van der Waals surface area contributed by atoms with Crippen LogP contribution in [0.1, 0.15) is 6.92 Å². The van der Waals surface area contributed by atoms with E-state index in [0.717, 1.165) is 6.92 Å². The van der Waals surface area contributed by atoms with E-state index in [-0.39, 0.29) is 0 Å². The smallest absolute Gasteiger partial charge is 0.206 e. The van der Waals surface area contributed by atoms with Crippen molar-refractivity contribution in [2.24, 2.45) is 0 Å². The molecule has 0 amide bonds. The third kappa shape index (κ3) is 2.92. The predicted molar refractivity (Wildman–Crippen MR) is 57.3 cm³/mol. The molecular formula is C9H10F9NO2S. The van der Waals surface area contributed by atoms with Crippen molar-refractivity contribution in [2.75, 3.05) is 13.1 Å². The highest BCUT2D eigenvalue weighted by Crippen LogP contribution is 2.55. The number of rotatable bonds is 7. The van der Waals surface area contributed by atoms with Crippen LogP contribution in [-0.4, -0.2) is 49.1 Å². The second-order valence-corrected chi connectivity index (χ2v) is 5.89. The Kier molecular flexibility index (Phi) is 5.64. The lowest BCUT2D eigenvalue weighted by Gasteiger charge is -2.35. The molecule has 0 aliphatic rings. The number of likely N-dealkylation sites (N-methyl/N-ethyl adjacent to an activating group) is 1. The zero-order chi connectivity index (χ0) is 18.2. The Morgan fingerprint density at radius 2 is 1.36 bits per heavy atom. The Morgan fingerprint density at radius 3 is 1.64 bits per heavy atom. The molecule has 0 aliphatic heterocycles. The molecule has 0 heterocycles. The van der Waals surface area contributed by atoms with Gasteiger partial charge in [0.1, 0.15) is 0 Å². The quantitative estimate of drug-likeness (QED) is 0.512. The van der Waals surface area contributed by atoms with Gasteiger partial charge >= 0.3 is 23.3 Å². The molecule has 13 heteroatoms. The summed E-state index contributed by atoms with van der Waals surface area (Å²) in [4.78, 5) is 0. The van der Waals surface area contributed by atoms with Gasteiger partial charge in [0, 0.05) is 13.1 Å². The van der Waals surface area contributed by atoms with Crippen molar-refractivity contribution in [2.45, 2.75) is 30.2 Å². The van der Waals surface area contributed by atoms with Gasteiger partial charge in [0.15, 0.2) is 0 Å². The zero-order valence-electron chi connectivity index (χ0n) is 10.8. The van der Waals surface area contributed by atoms with Crippen LogP contribution in [0.3, 0.4) is 0 Å². The highest BCUT2D eigenvalue weighted by atomic mass is 32.2. The number of alkyl halides is 9. The van der Waals surface area contributed by atoms with Gasteiger partial charge in [0.2, 0.25) is 0 Å². The molecule has 22 heavy (non-hydrogen) atoms. The van der Waals surface area contributed by atoms with Gasteiger partial charge in [-0.1, -0.05) is 13.0 Å². The number of sulfonamides is 1. The number of nitrogens with zero attached hydrogens (tertiary/aromatic N) is 1. The molecule has 0 spiro atoms. The molecule has 0 aromatic rings. The normalized spacial score (nSPS) is 15.2. The third-order valence-electron chi connectivity index (χ3n) is 2.47. The second kappa shape index (κ2) is 5.91. The minimum Gasteiger partial charge on any atom is -0.206 e. The highest BCUT2D eigenvalue weighted by molar-refractivity contribution is 7.90. The van der Waals surface area contributed by atoms with E-state index in [1.165, 1.54) is 0 Å². The highest BCUT2D eigenvalue weighted by Gasteiger charge is 2.85. The molecule has 0 atom stereocenters. The monoisotopic (exact) mass is 367 g/mol.